The Bertz CT molecular complexity index is 1040. The number of ether oxygens (including phenoxy) is 3. The standard InChI is InChI=1S/C18H20F3N3O6S/c1-24(2)8-9-29-16-14(10-13(22)15(23-16)17(25)28-3)31(26,27)12-6-4-11(5-7-12)30-18(19,20)21/h4-7,10H,8-9,22H2,1-3H3. The highest BCUT2D eigenvalue weighted by molar-refractivity contribution is 7.91. The summed E-state index contributed by atoms with van der Waals surface area (Å²) >= 11 is 0. The van der Waals surface area contributed by atoms with Gasteiger partial charge in [-0.1, -0.05) is 0 Å². The first-order valence-electron chi connectivity index (χ1n) is 8.62. The second kappa shape index (κ2) is 9.39. The van der Waals surface area contributed by atoms with Gasteiger partial charge in [-0.15, -0.1) is 13.2 Å². The molecule has 0 aliphatic heterocycles. The first-order chi connectivity index (χ1) is 14.3. The van der Waals surface area contributed by atoms with Crippen molar-refractivity contribution in [2.45, 2.75) is 16.2 Å². The summed E-state index contributed by atoms with van der Waals surface area (Å²) in [5.41, 5.74) is 5.16. The predicted molar refractivity (Wildman–Crippen MR) is 103 cm³/mol. The number of carbonyl (C=O) groups excluding carboxylic acids is 1. The summed E-state index contributed by atoms with van der Waals surface area (Å²) in [6.45, 7) is 0.438. The van der Waals surface area contributed by atoms with Gasteiger partial charge in [0.25, 0.3) is 0 Å². The fraction of sp³-hybridized carbons (Fsp3) is 0.333. The van der Waals surface area contributed by atoms with Crippen LogP contribution in [0.5, 0.6) is 11.6 Å². The van der Waals surface area contributed by atoms with E-state index in [4.69, 9.17) is 10.5 Å². The first-order valence-corrected chi connectivity index (χ1v) is 10.1. The van der Waals surface area contributed by atoms with Gasteiger partial charge in [0.05, 0.1) is 17.7 Å². The summed E-state index contributed by atoms with van der Waals surface area (Å²) in [5.74, 6) is -1.88. The van der Waals surface area contributed by atoms with Crippen LogP contribution in [0.4, 0.5) is 18.9 Å². The van der Waals surface area contributed by atoms with E-state index in [-0.39, 0.29) is 22.9 Å². The zero-order valence-electron chi connectivity index (χ0n) is 16.8. The van der Waals surface area contributed by atoms with Gasteiger partial charge in [0.1, 0.15) is 17.3 Å². The molecular formula is C18H20F3N3O6S. The lowest BCUT2D eigenvalue weighted by atomic mass is 10.3. The Labute approximate surface area is 176 Å². The molecule has 0 saturated heterocycles. The molecule has 0 fully saturated rings. The van der Waals surface area contributed by atoms with E-state index in [1.54, 1.807) is 19.0 Å². The van der Waals surface area contributed by atoms with Gasteiger partial charge in [-0.3, -0.25) is 0 Å². The molecule has 2 aromatic rings. The number of nitrogen functional groups attached to an aromatic ring is 1. The summed E-state index contributed by atoms with van der Waals surface area (Å²) in [6, 6.07) is 4.56. The molecule has 0 radical (unpaired) electrons. The molecule has 9 nitrogen and oxygen atoms in total. The van der Waals surface area contributed by atoms with E-state index in [1.165, 1.54) is 0 Å². The molecular weight excluding hydrogens is 443 g/mol. The Morgan fingerprint density at radius 1 is 1.19 bits per heavy atom. The van der Waals surface area contributed by atoms with Gasteiger partial charge in [0.2, 0.25) is 15.7 Å². The topological polar surface area (TPSA) is 121 Å². The molecule has 1 aromatic carbocycles. The van der Waals surface area contributed by atoms with Crippen LogP contribution in [0.15, 0.2) is 40.1 Å². The molecule has 0 aliphatic carbocycles. The lowest BCUT2D eigenvalue weighted by molar-refractivity contribution is -0.274. The number of sulfone groups is 1. The number of benzene rings is 1. The van der Waals surface area contributed by atoms with Crippen molar-refractivity contribution in [3.63, 3.8) is 0 Å². The number of likely N-dealkylation sites (N-methyl/N-ethyl adjacent to an activating group) is 1. The van der Waals surface area contributed by atoms with Crippen molar-refractivity contribution < 1.29 is 40.6 Å². The minimum absolute atomic E-state index is 0.0331. The Morgan fingerprint density at radius 3 is 2.32 bits per heavy atom. The Balaban J connectivity index is 2.50. The van der Waals surface area contributed by atoms with E-state index < -0.39 is 38.7 Å². The van der Waals surface area contributed by atoms with Gasteiger partial charge >= 0.3 is 12.3 Å². The summed E-state index contributed by atoms with van der Waals surface area (Å²) in [5, 5.41) is 0. The van der Waals surface area contributed by atoms with Gasteiger partial charge in [-0.05, 0) is 44.4 Å². The van der Waals surface area contributed by atoms with Crippen LogP contribution in [0.25, 0.3) is 0 Å². The molecule has 0 bridgehead atoms. The second-order valence-corrected chi connectivity index (χ2v) is 8.31. The molecule has 31 heavy (non-hydrogen) atoms. The number of methoxy groups -OCH3 is 1. The summed E-state index contributed by atoms with van der Waals surface area (Å²) in [7, 11) is 0.311. The average molecular weight is 463 g/mol. The van der Waals surface area contributed by atoms with Crippen LogP contribution in [0.3, 0.4) is 0 Å². The number of pyridine rings is 1. The van der Waals surface area contributed by atoms with Crippen LogP contribution in [0.1, 0.15) is 10.5 Å². The third kappa shape index (κ3) is 6.21. The van der Waals surface area contributed by atoms with Crippen LogP contribution in [0.2, 0.25) is 0 Å². The zero-order chi connectivity index (χ0) is 23.4. The number of rotatable bonds is 8. The highest BCUT2D eigenvalue weighted by atomic mass is 32.2. The van der Waals surface area contributed by atoms with E-state index in [0.717, 1.165) is 37.4 Å². The summed E-state index contributed by atoms with van der Waals surface area (Å²) in [6.07, 6.45) is -4.92. The molecule has 0 aliphatic rings. The van der Waals surface area contributed by atoms with E-state index in [9.17, 15) is 26.4 Å². The molecule has 0 atom stereocenters. The van der Waals surface area contributed by atoms with Crippen molar-refractivity contribution in [3.05, 3.63) is 36.0 Å². The quantitative estimate of drug-likeness (QED) is 0.587. The van der Waals surface area contributed by atoms with Crippen molar-refractivity contribution in [2.24, 2.45) is 0 Å². The van der Waals surface area contributed by atoms with Crippen LogP contribution in [-0.2, 0) is 14.6 Å². The first kappa shape index (κ1) is 24.2. The van der Waals surface area contributed by atoms with Crippen molar-refractivity contribution in [3.8, 4) is 11.6 Å². The smallest absolute Gasteiger partial charge is 0.475 e. The van der Waals surface area contributed by atoms with Crippen molar-refractivity contribution in [1.82, 2.24) is 9.88 Å². The number of anilines is 1. The third-order valence-corrected chi connectivity index (χ3v) is 5.56. The van der Waals surface area contributed by atoms with E-state index in [2.05, 4.69) is 14.5 Å². The Morgan fingerprint density at radius 2 is 1.81 bits per heavy atom. The van der Waals surface area contributed by atoms with E-state index >= 15 is 0 Å². The van der Waals surface area contributed by atoms with Gasteiger partial charge in [0.15, 0.2) is 5.69 Å². The monoisotopic (exact) mass is 463 g/mol. The molecule has 170 valence electrons. The van der Waals surface area contributed by atoms with Crippen LogP contribution >= 0.6 is 0 Å². The number of aromatic nitrogens is 1. The summed E-state index contributed by atoms with van der Waals surface area (Å²) in [4.78, 5) is 16.7. The SMILES string of the molecule is COC(=O)c1nc(OCCN(C)C)c(S(=O)(=O)c2ccc(OC(F)(F)F)cc2)cc1N. The lowest BCUT2D eigenvalue weighted by Gasteiger charge is -2.16. The number of halogens is 3. The van der Waals surface area contributed by atoms with Gasteiger partial charge in [0, 0.05) is 6.54 Å². The van der Waals surface area contributed by atoms with Crippen molar-refractivity contribution in [2.75, 3.05) is 40.1 Å². The lowest BCUT2D eigenvalue weighted by Crippen LogP contribution is -2.21. The largest absolute Gasteiger partial charge is 0.573 e. The molecule has 0 amide bonds. The second-order valence-electron chi connectivity index (χ2n) is 6.40. The molecule has 0 unspecified atom stereocenters. The maximum atomic E-state index is 13.1. The Kier molecular flexibility index (Phi) is 7.33. The number of hydrogen-bond donors (Lipinski definition) is 1. The van der Waals surface area contributed by atoms with Crippen molar-refractivity contribution in [1.29, 1.82) is 0 Å². The molecule has 13 heteroatoms. The van der Waals surface area contributed by atoms with Gasteiger partial charge in [-0.2, -0.15) is 0 Å². The van der Waals surface area contributed by atoms with Gasteiger partial charge in [-0.25, -0.2) is 18.2 Å². The maximum absolute atomic E-state index is 13.1. The minimum Gasteiger partial charge on any atom is -0.475 e. The molecule has 1 aromatic heterocycles. The third-order valence-electron chi connectivity index (χ3n) is 3.80. The molecule has 1 heterocycles. The van der Waals surface area contributed by atoms with Crippen molar-refractivity contribution >= 4 is 21.5 Å². The highest BCUT2D eigenvalue weighted by Crippen LogP contribution is 2.33. The average Bonchev–Trinajstić information content (AvgIpc) is 2.67. The highest BCUT2D eigenvalue weighted by Gasteiger charge is 2.32. The molecule has 0 saturated carbocycles. The van der Waals surface area contributed by atoms with Crippen LogP contribution in [0, 0.1) is 0 Å². The molecule has 2 rings (SSSR count). The van der Waals surface area contributed by atoms with Crippen LogP contribution < -0.4 is 15.2 Å². The van der Waals surface area contributed by atoms with E-state index in [1.807, 2.05) is 0 Å². The van der Waals surface area contributed by atoms with Gasteiger partial charge < -0.3 is 24.8 Å². The minimum atomic E-state index is -4.92. The number of nitrogens with zero attached hydrogens (tertiary/aromatic N) is 2. The number of carbonyl (C=O) groups is 1. The molecule has 0 spiro atoms. The zero-order valence-corrected chi connectivity index (χ0v) is 17.6. The fourth-order valence-electron chi connectivity index (χ4n) is 2.32. The number of alkyl halides is 3. The Hall–Kier alpha value is -3.06. The fourth-order valence-corrected chi connectivity index (χ4v) is 3.69. The number of hydrogen-bond acceptors (Lipinski definition) is 9. The number of nitrogens with two attached hydrogens (primary N) is 1. The predicted octanol–water partition coefficient (Wildman–Crippen LogP) is 2.12. The normalized spacial score (nSPS) is 12.0. The molecule has 2 N–H and O–H groups in total. The van der Waals surface area contributed by atoms with Crippen LogP contribution in [-0.4, -0.2) is 65.0 Å². The summed E-state index contributed by atoms with van der Waals surface area (Å²) < 4.78 is 76.9. The number of esters is 1. The van der Waals surface area contributed by atoms with E-state index in [0.29, 0.717) is 6.54 Å². The maximum Gasteiger partial charge on any atom is 0.573 e.